The van der Waals surface area contributed by atoms with Gasteiger partial charge in [-0.2, -0.15) is 0 Å². The molecule has 0 amide bonds. The van der Waals surface area contributed by atoms with Gasteiger partial charge in [-0.1, -0.05) is 30.3 Å². The molecule has 0 fully saturated rings. The fraction of sp³-hybridized carbons (Fsp3) is 0.100. The Morgan fingerprint density at radius 2 is 1.83 bits per heavy atom. The van der Waals surface area contributed by atoms with Crippen LogP contribution in [0.4, 0.5) is 0 Å². The van der Waals surface area contributed by atoms with E-state index in [0.29, 0.717) is 0 Å². The molecule has 0 aliphatic heterocycles. The predicted octanol–water partition coefficient (Wildman–Crippen LogP) is 3.08. The lowest BCUT2D eigenvalue weighted by Crippen LogP contribution is -1.84. The Labute approximate surface area is 76.0 Å². The maximum Gasteiger partial charge on any atom is 0.169 e. The normalized spacial score (nSPS) is 8.75. The van der Waals surface area contributed by atoms with Crippen molar-refractivity contribution < 1.29 is 4.79 Å². The van der Waals surface area contributed by atoms with E-state index in [1.165, 1.54) is 11.3 Å². The Hall–Kier alpha value is -1.15. The molecule has 0 spiro atoms. The molecule has 0 bridgehead atoms. The first-order valence-corrected chi connectivity index (χ1v) is 4.56. The average molecular weight is 178 g/mol. The zero-order chi connectivity index (χ0) is 8.81. The van der Waals surface area contributed by atoms with Crippen LogP contribution in [0.3, 0.4) is 0 Å². The first-order chi connectivity index (χ1) is 5.80. The largest absolute Gasteiger partial charge is 0.294 e. The molecule has 1 aromatic heterocycles. The van der Waals surface area contributed by atoms with Crippen molar-refractivity contribution in [1.29, 1.82) is 0 Å². The highest BCUT2D eigenvalue weighted by atomic mass is 32.1. The van der Waals surface area contributed by atoms with E-state index >= 15 is 0 Å². The minimum Gasteiger partial charge on any atom is -0.294 e. The van der Waals surface area contributed by atoms with Gasteiger partial charge in [0.05, 0.1) is 4.88 Å². The molecule has 1 aromatic rings. The number of hydrogen-bond donors (Lipinski definition) is 0. The summed E-state index contributed by atoms with van der Waals surface area (Å²) in [6.45, 7) is 1.58. The smallest absolute Gasteiger partial charge is 0.169 e. The Morgan fingerprint density at radius 1 is 1.17 bits per heavy atom. The highest BCUT2D eigenvalue weighted by Crippen LogP contribution is 2.03. The molecule has 2 heteroatoms. The Balaban J connectivity index is 3.19. The summed E-state index contributed by atoms with van der Waals surface area (Å²) in [4.78, 5) is 11.8. The van der Waals surface area contributed by atoms with Gasteiger partial charge in [0, 0.05) is 0 Å². The number of Topliss-reactive ketones (excluding diaryl/α,β-unsaturated/α-hetero) is 1. The van der Waals surface area contributed by atoms with Crippen LogP contribution in [0.1, 0.15) is 16.6 Å². The van der Waals surface area contributed by atoms with E-state index in [9.17, 15) is 4.79 Å². The molecule has 0 aliphatic carbocycles. The van der Waals surface area contributed by atoms with Crippen LogP contribution in [-0.2, 0) is 0 Å². The molecule has 1 nitrogen and oxygen atoms in total. The number of carbonyl (C=O) groups is 1. The van der Waals surface area contributed by atoms with Gasteiger partial charge in [0.2, 0.25) is 0 Å². The van der Waals surface area contributed by atoms with E-state index in [0.717, 1.165) is 4.88 Å². The number of carbonyl (C=O) groups excluding carboxylic acids is 1. The fourth-order valence-electron chi connectivity index (χ4n) is 0.733. The molecule has 1 heterocycles. The summed E-state index contributed by atoms with van der Waals surface area (Å²) in [6.07, 6.45) is 0. The zero-order valence-electron chi connectivity index (χ0n) is 6.86. The van der Waals surface area contributed by atoms with Crippen molar-refractivity contribution >= 4 is 17.1 Å². The fourth-order valence-corrected chi connectivity index (χ4v) is 1.37. The number of ketones is 1. The Bertz CT molecular complexity index is 289. The Morgan fingerprint density at radius 3 is 2.58 bits per heavy atom. The SMILES string of the molecule is CC(=O)c1cccccccs1. The standard InChI is InChI=1S/C10H10OS/c1-9(11)10-7-5-3-2-4-6-8-12-10/h2-8H,1H3. The highest BCUT2D eigenvalue weighted by molar-refractivity contribution is 7.11. The van der Waals surface area contributed by atoms with Gasteiger partial charge < -0.3 is 0 Å². The van der Waals surface area contributed by atoms with Crippen LogP contribution in [0.2, 0.25) is 0 Å². The quantitative estimate of drug-likeness (QED) is 0.604. The van der Waals surface area contributed by atoms with Gasteiger partial charge >= 0.3 is 0 Å². The third-order valence-corrected chi connectivity index (χ3v) is 2.28. The van der Waals surface area contributed by atoms with Gasteiger partial charge in [-0.15, -0.1) is 11.3 Å². The molecule has 0 saturated carbocycles. The summed E-state index contributed by atoms with van der Waals surface area (Å²) in [7, 11) is 0. The van der Waals surface area contributed by atoms with Gasteiger partial charge in [0.25, 0.3) is 0 Å². The van der Waals surface area contributed by atoms with Crippen LogP contribution in [0, 0.1) is 0 Å². The number of hydrogen-bond acceptors (Lipinski definition) is 2. The molecular weight excluding hydrogens is 168 g/mol. The van der Waals surface area contributed by atoms with Crippen molar-refractivity contribution in [1.82, 2.24) is 0 Å². The van der Waals surface area contributed by atoms with Crippen LogP contribution in [0.15, 0.2) is 41.8 Å². The van der Waals surface area contributed by atoms with Crippen molar-refractivity contribution in [2.45, 2.75) is 6.92 Å². The van der Waals surface area contributed by atoms with Crippen molar-refractivity contribution in [3.63, 3.8) is 0 Å². The molecule has 0 aromatic carbocycles. The maximum atomic E-state index is 11.0. The van der Waals surface area contributed by atoms with Gasteiger partial charge in [0.1, 0.15) is 0 Å². The average Bonchev–Trinajstić information content (AvgIpc) is 2.15. The monoisotopic (exact) mass is 178 g/mol. The lowest BCUT2D eigenvalue weighted by molar-refractivity contribution is 0.102. The van der Waals surface area contributed by atoms with Crippen molar-refractivity contribution in [3.05, 3.63) is 46.7 Å². The lowest BCUT2D eigenvalue weighted by Gasteiger charge is -1.85. The first-order valence-electron chi connectivity index (χ1n) is 3.68. The van der Waals surface area contributed by atoms with Gasteiger partial charge in [-0.25, -0.2) is 0 Å². The molecule has 0 atom stereocenters. The molecule has 0 unspecified atom stereocenters. The second-order valence-corrected chi connectivity index (χ2v) is 3.25. The topological polar surface area (TPSA) is 17.1 Å². The van der Waals surface area contributed by atoms with Crippen LogP contribution in [-0.4, -0.2) is 5.78 Å². The molecule has 0 N–H and O–H groups in total. The highest BCUT2D eigenvalue weighted by Gasteiger charge is 1.93. The van der Waals surface area contributed by atoms with Crippen molar-refractivity contribution in [2.24, 2.45) is 0 Å². The lowest BCUT2D eigenvalue weighted by atomic mass is 10.3. The summed E-state index contributed by atoms with van der Waals surface area (Å²) in [6, 6.07) is 11.4. The van der Waals surface area contributed by atoms with Crippen LogP contribution in [0.5, 0.6) is 0 Å². The molecule has 0 radical (unpaired) electrons. The minimum absolute atomic E-state index is 0.108. The molecule has 62 valence electrons. The van der Waals surface area contributed by atoms with E-state index in [1.807, 2.05) is 41.8 Å². The summed E-state index contributed by atoms with van der Waals surface area (Å²) < 4.78 is 0. The number of rotatable bonds is 1. The van der Waals surface area contributed by atoms with E-state index in [1.54, 1.807) is 6.92 Å². The summed E-state index contributed by atoms with van der Waals surface area (Å²) in [5, 5.41) is 1.90. The summed E-state index contributed by atoms with van der Waals surface area (Å²) >= 11 is 1.45. The summed E-state index contributed by atoms with van der Waals surface area (Å²) in [5.41, 5.74) is 0. The molecule has 12 heavy (non-hydrogen) atoms. The van der Waals surface area contributed by atoms with Crippen molar-refractivity contribution in [2.75, 3.05) is 0 Å². The van der Waals surface area contributed by atoms with E-state index in [4.69, 9.17) is 0 Å². The second-order valence-electron chi connectivity index (χ2n) is 2.30. The van der Waals surface area contributed by atoms with Gasteiger partial charge in [-0.3, -0.25) is 4.79 Å². The molecule has 0 saturated heterocycles. The van der Waals surface area contributed by atoms with E-state index in [-0.39, 0.29) is 5.78 Å². The van der Waals surface area contributed by atoms with Crippen LogP contribution < -0.4 is 0 Å². The van der Waals surface area contributed by atoms with Gasteiger partial charge in [0.15, 0.2) is 5.78 Å². The van der Waals surface area contributed by atoms with Gasteiger partial charge in [-0.05, 0) is 18.4 Å². The predicted molar refractivity (Wildman–Crippen MR) is 52.0 cm³/mol. The second kappa shape index (κ2) is 4.67. The molecular formula is C10H10OS. The van der Waals surface area contributed by atoms with E-state index < -0.39 is 0 Å². The minimum atomic E-state index is 0.108. The third-order valence-electron chi connectivity index (χ3n) is 1.31. The van der Waals surface area contributed by atoms with Crippen LogP contribution >= 0.6 is 11.3 Å². The Kier molecular flexibility index (Phi) is 3.48. The van der Waals surface area contributed by atoms with E-state index in [2.05, 4.69) is 0 Å². The first kappa shape index (κ1) is 8.94. The molecule has 0 aliphatic rings. The third kappa shape index (κ3) is 2.84. The summed E-state index contributed by atoms with van der Waals surface area (Å²) in [5.74, 6) is 0.108. The van der Waals surface area contributed by atoms with Crippen LogP contribution in [0.25, 0.3) is 0 Å². The maximum absolute atomic E-state index is 11.0. The van der Waals surface area contributed by atoms with Crippen molar-refractivity contribution in [3.8, 4) is 0 Å². The zero-order valence-corrected chi connectivity index (χ0v) is 7.67. The molecule has 1 rings (SSSR count).